The third kappa shape index (κ3) is 4.30. The number of carbonyl (C=O) groups excluding carboxylic acids is 1. The fourth-order valence-electron chi connectivity index (χ4n) is 3.76. The van der Waals surface area contributed by atoms with Crippen molar-refractivity contribution in [1.29, 1.82) is 0 Å². The van der Waals surface area contributed by atoms with E-state index in [1.54, 1.807) is 17.0 Å². The number of rotatable bonds is 4. The predicted molar refractivity (Wildman–Crippen MR) is 108 cm³/mol. The fourth-order valence-corrected chi connectivity index (χ4v) is 3.76. The van der Waals surface area contributed by atoms with Crippen molar-refractivity contribution in [1.82, 2.24) is 4.90 Å². The van der Waals surface area contributed by atoms with E-state index >= 15 is 0 Å². The summed E-state index contributed by atoms with van der Waals surface area (Å²) < 4.78 is 50.8. The molecule has 1 aliphatic rings. The van der Waals surface area contributed by atoms with Crippen LogP contribution in [0.3, 0.4) is 0 Å². The van der Waals surface area contributed by atoms with E-state index in [2.05, 4.69) is 0 Å². The molecule has 4 nitrogen and oxygen atoms in total. The zero-order chi connectivity index (χ0) is 22.1. The second kappa shape index (κ2) is 8.42. The molecular weight excluding hydrogens is 395 g/mol. The molecule has 0 N–H and O–H groups in total. The number of alkyl halides is 3. The van der Waals surface area contributed by atoms with Gasteiger partial charge < -0.3 is 14.4 Å². The topological polar surface area (TPSA) is 38.8 Å². The smallest absolute Gasteiger partial charge is 0.416 e. The van der Waals surface area contributed by atoms with Crippen molar-refractivity contribution < 1.29 is 27.4 Å². The molecule has 1 heterocycles. The van der Waals surface area contributed by atoms with Crippen LogP contribution >= 0.6 is 0 Å². The molecule has 0 saturated carbocycles. The van der Waals surface area contributed by atoms with Gasteiger partial charge in [0.25, 0.3) is 0 Å². The minimum Gasteiger partial charge on any atom is -0.493 e. The van der Waals surface area contributed by atoms with Crippen LogP contribution in [0, 0.1) is 0 Å². The minimum absolute atomic E-state index is 0.238. The largest absolute Gasteiger partial charge is 0.493 e. The van der Waals surface area contributed by atoms with Crippen LogP contribution in [0.4, 0.5) is 13.2 Å². The second-order valence-corrected chi connectivity index (χ2v) is 7.44. The molecule has 1 amide bonds. The van der Waals surface area contributed by atoms with Gasteiger partial charge in [-0.2, -0.15) is 13.2 Å². The molecular formula is C23H24F3NO3. The quantitative estimate of drug-likeness (QED) is 0.643. The summed E-state index contributed by atoms with van der Waals surface area (Å²) in [6.45, 7) is 4.00. The van der Waals surface area contributed by atoms with Gasteiger partial charge in [-0.15, -0.1) is 0 Å². The maximum Gasteiger partial charge on any atom is 0.416 e. The Morgan fingerprint density at radius 1 is 1.10 bits per heavy atom. The Morgan fingerprint density at radius 2 is 1.77 bits per heavy atom. The Morgan fingerprint density at radius 3 is 2.37 bits per heavy atom. The Balaban J connectivity index is 2.20. The van der Waals surface area contributed by atoms with E-state index in [1.807, 2.05) is 19.9 Å². The minimum atomic E-state index is -4.47. The average molecular weight is 419 g/mol. The fraction of sp³-hybridized carbons (Fsp3) is 0.348. The van der Waals surface area contributed by atoms with Crippen LogP contribution in [0.5, 0.6) is 11.5 Å². The summed E-state index contributed by atoms with van der Waals surface area (Å²) in [5, 5.41) is 0. The van der Waals surface area contributed by atoms with Crippen LogP contribution in [-0.2, 0) is 17.4 Å². The molecule has 0 aromatic heterocycles. The highest BCUT2D eigenvalue weighted by atomic mass is 19.4. The summed E-state index contributed by atoms with van der Waals surface area (Å²) in [5.74, 6) is 0.769. The highest BCUT2D eigenvalue weighted by Gasteiger charge is 2.35. The van der Waals surface area contributed by atoms with E-state index < -0.39 is 17.8 Å². The molecule has 0 aliphatic carbocycles. The number of amides is 1. The third-order valence-electron chi connectivity index (χ3n) is 5.10. The second-order valence-electron chi connectivity index (χ2n) is 7.44. The molecule has 0 bridgehead atoms. The standard InChI is InChI=1S/C23H24F3NO3/c1-14(2)10-21(28)27-9-8-15-12-19(29-3)20(30-4)13-18(15)22(27)16-6-5-7-17(11-16)23(24,25)26/h5-7,10-13,22H,8-9H2,1-4H3/t22-/m0/s1. The van der Waals surface area contributed by atoms with Crippen LogP contribution in [0.2, 0.25) is 0 Å². The number of benzene rings is 2. The van der Waals surface area contributed by atoms with Crippen molar-refractivity contribution in [3.8, 4) is 11.5 Å². The predicted octanol–water partition coefficient (Wildman–Crippen LogP) is 5.16. The van der Waals surface area contributed by atoms with Crippen molar-refractivity contribution in [2.24, 2.45) is 0 Å². The van der Waals surface area contributed by atoms with Gasteiger partial charge in [0, 0.05) is 12.6 Å². The van der Waals surface area contributed by atoms with E-state index in [0.29, 0.717) is 30.0 Å². The number of allylic oxidation sites excluding steroid dienone is 1. The van der Waals surface area contributed by atoms with Crippen molar-refractivity contribution in [3.63, 3.8) is 0 Å². The molecule has 0 saturated heterocycles. The normalized spacial score (nSPS) is 16.0. The van der Waals surface area contributed by atoms with Crippen LogP contribution < -0.4 is 9.47 Å². The van der Waals surface area contributed by atoms with Crippen molar-refractivity contribution in [2.75, 3.05) is 20.8 Å². The van der Waals surface area contributed by atoms with Gasteiger partial charge in [0.2, 0.25) is 5.91 Å². The lowest BCUT2D eigenvalue weighted by molar-refractivity contribution is -0.137. The summed E-state index contributed by atoms with van der Waals surface area (Å²) in [6.07, 6.45) is -2.40. The monoisotopic (exact) mass is 419 g/mol. The van der Waals surface area contributed by atoms with Gasteiger partial charge >= 0.3 is 6.18 Å². The van der Waals surface area contributed by atoms with Crippen LogP contribution in [0.25, 0.3) is 0 Å². The zero-order valence-corrected chi connectivity index (χ0v) is 17.3. The zero-order valence-electron chi connectivity index (χ0n) is 17.3. The number of methoxy groups -OCH3 is 2. The van der Waals surface area contributed by atoms with Crippen molar-refractivity contribution >= 4 is 5.91 Å². The van der Waals surface area contributed by atoms with Crippen molar-refractivity contribution in [2.45, 2.75) is 32.5 Å². The maximum atomic E-state index is 13.3. The Bertz CT molecular complexity index is 978. The van der Waals surface area contributed by atoms with E-state index in [-0.39, 0.29) is 5.91 Å². The van der Waals surface area contributed by atoms with Gasteiger partial charge in [0.15, 0.2) is 11.5 Å². The average Bonchev–Trinajstić information content (AvgIpc) is 2.70. The summed E-state index contributed by atoms with van der Waals surface area (Å²) >= 11 is 0. The molecule has 0 unspecified atom stereocenters. The number of carbonyl (C=O) groups is 1. The number of ether oxygens (including phenoxy) is 2. The Hall–Kier alpha value is -2.96. The van der Waals surface area contributed by atoms with Gasteiger partial charge in [0.1, 0.15) is 0 Å². The van der Waals surface area contributed by atoms with E-state index in [9.17, 15) is 18.0 Å². The molecule has 1 atom stereocenters. The lowest BCUT2D eigenvalue weighted by atomic mass is 9.87. The molecule has 30 heavy (non-hydrogen) atoms. The van der Waals surface area contributed by atoms with Crippen LogP contribution in [0.15, 0.2) is 48.0 Å². The summed E-state index contributed by atoms with van der Waals surface area (Å²) in [4.78, 5) is 14.5. The number of fused-ring (bicyclic) bond motifs is 1. The molecule has 0 radical (unpaired) electrons. The van der Waals surface area contributed by atoms with Crippen molar-refractivity contribution in [3.05, 3.63) is 70.3 Å². The van der Waals surface area contributed by atoms with Gasteiger partial charge in [-0.1, -0.05) is 17.7 Å². The van der Waals surface area contributed by atoms with E-state index in [1.165, 1.54) is 26.4 Å². The highest BCUT2D eigenvalue weighted by molar-refractivity contribution is 5.89. The number of hydrogen-bond donors (Lipinski definition) is 0. The van der Waals surface area contributed by atoms with Crippen LogP contribution in [-0.4, -0.2) is 31.6 Å². The number of halogens is 3. The summed E-state index contributed by atoms with van der Waals surface area (Å²) in [7, 11) is 3.03. The van der Waals surface area contributed by atoms with E-state index in [0.717, 1.165) is 28.8 Å². The third-order valence-corrected chi connectivity index (χ3v) is 5.10. The molecule has 0 spiro atoms. The molecule has 7 heteroatoms. The maximum absolute atomic E-state index is 13.3. The van der Waals surface area contributed by atoms with Gasteiger partial charge in [-0.3, -0.25) is 4.79 Å². The first kappa shape index (κ1) is 21.7. The van der Waals surface area contributed by atoms with Gasteiger partial charge in [-0.25, -0.2) is 0 Å². The first-order valence-electron chi connectivity index (χ1n) is 9.53. The van der Waals surface area contributed by atoms with Gasteiger partial charge in [-0.05, 0) is 61.2 Å². The van der Waals surface area contributed by atoms with Crippen LogP contribution in [0.1, 0.15) is 42.1 Å². The molecule has 2 aromatic rings. The molecule has 3 rings (SSSR count). The van der Waals surface area contributed by atoms with Gasteiger partial charge in [0.05, 0.1) is 25.8 Å². The Kier molecular flexibility index (Phi) is 6.10. The molecule has 0 fully saturated rings. The lowest BCUT2D eigenvalue weighted by Crippen LogP contribution is -2.40. The Labute approximate surface area is 173 Å². The molecule has 160 valence electrons. The molecule has 2 aromatic carbocycles. The van der Waals surface area contributed by atoms with E-state index in [4.69, 9.17) is 9.47 Å². The lowest BCUT2D eigenvalue weighted by Gasteiger charge is -2.38. The highest BCUT2D eigenvalue weighted by Crippen LogP contribution is 2.42. The summed E-state index contributed by atoms with van der Waals surface area (Å²) in [6, 6.07) is 8.05. The molecule has 1 aliphatic heterocycles. The first-order chi connectivity index (χ1) is 14.2. The number of hydrogen-bond acceptors (Lipinski definition) is 3. The summed E-state index contributed by atoms with van der Waals surface area (Å²) in [5.41, 5.74) is 2.11. The SMILES string of the molecule is COc1cc2c(cc1OC)[C@H](c1cccc(C(F)(F)F)c1)N(C(=O)C=C(C)C)CC2. The number of nitrogens with zero attached hydrogens (tertiary/aromatic N) is 1. The first-order valence-corrected chi connectivity index (χ1v) is 9.53.